The highest BCUT2D eigenvalue weighted by Gasteiger charge is 2.16. The smallest absolute Gasteiger partial charge is 0.257 e. The number of amides is 1. The Morgan fingerprint density at radius 3 is 2.36 bits per heavy atom. The van der Waals surface area contributed by atoms with Crippen LogP contribution < -0.4 is 14.8 Å². The standard InChI is InChI=1S/C15H18BrN3O3/c1-9(2)19-13(5-6-17-19)18-15(20)10-7-11(21-3)14(16)12(8-10)22-4/h5-9H,1-4H3,(H,18,20). The van der Waals surface area contributed by atoms with Crippen LogP contribution in [0.4, 0.5) is 5.82 Å². The van der Waals surface area contributed by atoms with Crippen LogP contribution in [0.5, 0.6) is 11.5 Å². The number of aromatic nitrogens is 2. The maximum Gasteiger partial charge on any atom is 0.257 e. The van der Waals surface area contributed by atoms with Crippen molar-refractivity contribution in [1.29, 1.82) is 0 Å². The predicted molar refractivity (Wildman–Crippen MR) is 87.8 cm³/mol. The molecule has 0 bridgehead atoms. The maximum absolute atomic E-state index is 12.5. The van der Waals surface area contributed by atoms with E-state index in [2.05, 4.69) is 26.3 Å². The Kier molecular flexibility index (Phi) is 5.07. The van der Waals surface area contributed by atoms with Crippen molar-refractivity contribution >= 4 is 27.7 Å². The van der Waals surface area contributed by atoms with Crippen molar-refractivity contribution < 1.29 is 14.3 Å². The van der Waals surface area contributed by atoms with E-state index in [1.54, 1.807) is 29.1 Å². The van der Waals surface area contributed by atoms with Crippen molar-refractivity contribution in [3.05, 3.63) is 34.4 Å². The molecule has 0 aliphatic heterocycles. The molecule has 6 nitrogen and oxygen atoms in total. The second-order valence-corrected chi connectivity index (χ2v) is 5.70. The molecule has 118 valence electrons. The topological polar surface area (TPSA) is 65.4 Å². The summed E-state index contributed by atoms with van der Waals surface area (Å²) in [6.07, 6.45) is 1.65. The first kappa shape index (κ1) is 16.4. The first-order chi connectivity index (χ1) is 10.5. The highest BCUT2D eigenvalue weighted by atomic mass is 79.9. The highest BCUT2D eigenvalue weighted by molar-refractivity contribution is 9.10. The molecule has 2 rings (SSSR count). The fraction of sp³-hybridized carbons (Fsp3) is 0.333. The number of carbonyl (C=O) groups excluding carboxylic acids is 1. The molecule has 0 fully saturated rings. The number of halogens is 1. The van der Waals surface area contributed by atoms with Crippen molar-refractivity contribution in [1.82, 2.24) is 9.78 Å². The normalized spacial score (nSPS) is 10.6. The zero-order chi connectivity index (χ0) is 16.3. The fourth-order valence-corrected chi connectivity index (χ4v) is 2.57. The van der Waals surface area contributed by atoms with Gasteiger partial charge in [-0.05, 0) is 41.9 Å². The molecule has 1 aromatic carbocycles. The van der Waals surface area contributed by atoms with Crippen LogP contribution in [0.2, 0.25) is 0 Å². The third-order valence-electron chi connectivity index (χ3n) is 3.11. The molecule has 0 aliphatic carbocycles. The van der Waals surface area contributed by atoms with Gasteiger partial charge in [-0.1, -0.05) is 0 Å². The lowest BCUT2D eigenvalue weighted by atomic mass is 10.2. The van der Waals surface area contributed by atoms with Gasteiger partial charge in [-0.3, -0.25) is 4.79 Å². The zero-order valence-electron chi connectivity index (χ0n) is 12.9. The van der Waals surface area contributed by atoms with Crippen LogP contribution in [-0.2, 0) is 0 Å². The lowest BCUT2D eigenvalue weighted by molar-refractivity contribution is 0.102. The number of hydrogen-bond donors (Lipinski definition) is 1. The number of hydrogen-bond acceptors (Lipinski definition) is 4. The second kappa shape index (κ2) is 6.83. The number of carbonyl (C=O) groups is 1. The summed E-state index contributed by atoms with van der Waals surface area (Å²) in [5.41, 5.74) is 0.438. The summed E-state index contributed by atoms with van der Waals surface area (Å²) < 4.78 is 12.9. The van der Waals surface area contributed by atoms with E-state index in [1.165, 1.54) is 14.2 Å². The number of rotatable bonds is 5. The molecule has 22 heavy (non-hydrogen) atoms. The summed E-state index contributed by atoms with van der Waals surface area (Å²) in [5, 5.41) is 7.03. The van der Waals surface area contributed by atoms with Crippen molar-refractivity contribution in [3.8, 4) is 11.5 Å². The van der Waals surface area contributed by atoms with Gasteiger partial charge in [0.15, 0.2) is 0 Å². The minimum atomic E-state index is -0.258. The van der Waals surface area contributed by atoms with Gasteiger partial charge in [0.2, 0.25) is 0 Å². The van der Waals surface area contributed by atoms with E-state index in [1.807, 2.05) is 13.8 Å². The van der Waals surface area contributed by atoms with Crippen molar-refractivity contribution in [2.24, 2.45) is 0 Å². The average molecular weight is 368 g/mol. The van der Waals surface area contributed by atoms with Gasteiger partial charge in [0.1, 0.15) is 21.8 Å². The highest BCUT2D eigenvalue weighted by Crippen LogP contribution is 2.35. The molecule has 1 aromatic heterocycles. The summed E-state index contributed by atoms with van der Waals surface area (Å²) in [6.45, 7) is 3.99. The molecule has 1 N–H and O–H groups in total. The summed E-state index contributed by atoms with van der Waals surface area (Å²) in [7, 11) is 3.07. The zero-order valence-corrected chi connectivity index (χ0v) is 14.5. The Hall–Kier alpha value is -2.02. The Bertz CT molecular complexity index is 657. The number of ether oxygens (including phenoxy) is 2. The summed E-state index contributed by atoms with van der Waals surface area (Å²) in [4.78, 5) is 12.5. The molecular weight excluding hydrogens is 350 g/mol. The van der Waals surface area contributed by atoms with Crippen molar-refractivity contribution in [3.63, 3.8) is 0 Å². The van der Waals surface area contributed by atoms with E-state index in [0.29, 0.717) is 27.4 Å². The Labute approximate surface area is 137 Å². The molecule has 0 unspecified atom stereocenters. The first-order valence-corrected chi connectivity index (χ1v) is 7.53. The van der Waals surface area contributed by atoms with E-state index < -0.39 is 0 Å². The van der Waals surface area contributed by atoms with Crippen LogP contribution in [0.1, 0.15) is 30.2 Å². The fourth-order valence-electron chi connectivity index (χ4n) is 2.01. The van der Waals surface area contributed by atoms with Crippen LogP contribution in [-0.4, -0.2) is 29.9 Å². The van der Waals surface area contributed by atoms with Crippen molar-refractivity contribution in [2.45, 2.75) is 19.9 Å². The largest absolute Gasteiger partial charge is 0.495 e. The van der Waals surface area contributed by atoms with Gasteiger partial charge in [-0.25, -0.2) is 4.68 Å². The van der Waals surface area contributed by atoms with E-state index >= 15 is 0 Å². The summed E-state index contributed by atoms with van der Waals surface area (Å²) >= 11 is 3.38. The quantitative estimate of drug-likeness (QED) is 0.878. The average Bonchev–Trinajstić information content (AvgIpc) is 2.95. The van der Waals surface area contributed by atoms with Crippen molar-refractivity contribution in [2.75, 3.05) is 19.5 Å². The molecule has 0 spiro atoms. The van der Waals surface area contributed by atoms with Crippen LogP contribution in [0, 0.1) is 0 Å². The predicted octanol–water partition coefficient (Wildman–Crippen LogP) is 3.50. The maximum atomic E-state index is 12.5. The number of nitrogens with zero attached hydrogens (tertiary/aromatic N) is 2. The molecular formula is C15H18BrN3O3. The molecule has 0 radical (unpaired) electrons. The van der Waals surface area contributed by atoms with Gasteiger partial charge in [0.05, 0.1) is 20.4 Å². The lowest BCUT2D eigenvalue weighted by Crippen LogP contribution is -2.17. The second-order valence-electron chi connectivity index (χ2n) is 4.90. The number of anilines is 1. The number of methoxy groups -OCH3 is 2. The Morgan fingerprint density at radius 2 is 1.86 bits per heavy atom. The number of nitrogens with one attached hydrogen (secondary N) is 1. The lowest BCUT2D eigenvalue weighted by Gasteiger charge is -2.14. The minimum Gasteiger partial charge on any atom is -0.495 e. The van der Waals surface area contributed by atoms with Crippen LogP contribution in [0.3, 0.4) is 0 Å². The van der Waals surface area contributed by atoms with Crippen LogP contribution in [0.25, 0.3) is 0 Å². The Morgan fingerprint density at radius 1 is 1.27 bits per heavy atom. The molecule has 1 amide bonds. The molecule has 0 saturated heterocycles. The van der Waals surface area contributed by atoms with Gasteiger partial charge < -0.3 is 14.8 Å². The molecule has 0 aliphatic rings. The van der Waals surface area contributed by atoms with Gasteiger partial charge >= 0.3 is 0 Å². The SMILES string of the molecule is COc1cc(C(=O)Nc2ccnn2C(C)C)cc(OC)c1Br. The van der Waals surface area contributed by atoms with E-state index in [0.717, 1.165) is 0 Å². The van der Waals surface area contributed by atoms with Crippen LogP contribution in [0.15, 0.2) is 28.9 Å². The first-order valence-electron chi connectivity index (χ1n) is 6.74. The number of benzene rings is 1. The third-order valence-corrected chi connectivity index (χ3v) is 3.89. The molecule has 2 aromatic rings. The summed E-state index contributed by atoms with van der Waals surface area (Å²) in [6, 6.07) is 5.21. The van der Waals surface area contributed by atoms with E-state index in [9.17, 15) is 4.79 Å². The monoisotopic (exact) mass is 367 g/mol. The molecule has 0 saturated carbocycles. The molecule has 0 atom stereocenters. The van der Waals surface area contributed by atoms with Gasteiger partial charge in [-0.2, -0.15) is 5.10 Å². The molecule has 7 heteroatoms. The van der Waals surface area contributed by atoms with Gasteiger partial charge in [0, 0.05) is 17.7 Å². The molecule has 1 heterocycles. The third kappa shape index (κ3) is 3.24. The van der Waals surface area contributed by atoms with Gasteiger partial charge in [-0.15, -0.1) is 0 Å². The van der Waals surface area contributed by atoms with E-state index in [4.69, 9.17) is 9.47 Å². The van der Waals surface area contributed by atoms with Gasteiger partial charge in [0.25, 0.3) is 5.91 Å². The minimum absolute atomic E-state index is 0.152. The van der Waals surface area contributed by atoms with Crippen LogP contribution >= 0.6 is 15.9 Å². The van der Waals surface area contributed by atoms with E-state index in [-0.39, 0.29) is 11.9 Å². The Balaban J connectivity index is 2.31. The summed E-state index contributed by atoms with van der Waals surface area (Å²) in [5.74, 6) is 1.44.